The second kappa shape index (κ2) is 8.85. The van der Waals surface area contributed by atoms with Crippen LogP contribution in [-0.4, -0.2) is 5.91 Å². The molecular weight excluding hydrogens is 356 g/mol. The van der Waals surface area contributed by atoms with E-state index >= 15 is 0 Å². The number of hydrogen-bond donors (Lipinski definition) is 2. The van der Waals surface area contributed by atoms with Gasteiger partial charge in [-0.1, -0.05) is 66.2 Å². The summed E-state index contributed by atoms with van der Waals surface area (Å²) in [5.41, 5.74) is 4.94. The van der Waals surface area contributed by atoms with Crippen LogP contribution in [0.3, 0.4) is 0 Å². The Hall–Kier alpha value is -2.62. The molecule has 0 unspecified atom stereocenters. The molecule has 3 aromatic rings. The number of amides is 1. The summed E-state index contributed by atoms with van der Waals surface area (Å²) in [6, 6.07) is 23.0. The van der Waals surface area contributed by atoms with Gasteiger partial charge in [-0.25, -0.2) is 0 Å². The summed E-state index contributed by atoms with van der Waals surface area (Å²) in [4.78, 5) is 13.1. The third-order valence-electron chi connectivity index (χ3n) is 4.45. The van der Waals surface area contributed by atoms with Crippen LogP contribution in [0.1, 0.15) is 28.3 Å². The third-order valence-corrected chi connectivity index (χ3v) is 4.68. The normalized spacial score (nSPS) is 11.8. The number of benzene rings is 3. The Bertz CT molecular complexity index is 925. The monoisotopic (exact) mass is 378 g/mol. The van der Waals surface area contributed by atoms with Crippen LogP contribution in [0.5, 0.6) is 0 Å². The van der Waals surface area contributed by atoms with Crippen LogP contribution < -0.4 is 10.6 Å². The highest BCUT2D eigenvalue weighted by Crippen LogP contribution is 2.21. The van der Waals surface area contributed by atoms with Crippen LogP contribution in [0.15, 0.2) is 72.8 Å². The van der Waals surface area contributed by atoms with E-state index in [9.17, 15) is 4.79 Å². The van der Waals surface area contributed by atoms with Gasteiger partial charge in [-0.15, -0.1) is 0 Å². The van der Waals surface area contributed by atoms with Gasteiger partial charge >= 0.3 is 0 Å². The van der Waals surface area contributed by atoms with Crippen molar-refractivity contribution in [2.45, 2.75) is 26.4 Å². The second-order valence-electron chi connectivity index (χ2n) is 6.66. The Morgan fingerprint density at radius 1 is 0.963 bits per heavy atom. The second-order valence-corrected chi connectivity index (χ2v) is 7.10. The van der Waals surface area contributed by atoms with E-state index < -0.39 is 6.04 Å². The molecule has 0 saturated carbocycles. The van der Waals surface area contributed by atoms with Crippen molar-refractivity contribution in [1.82, 2.24) is 5.32 Å². The minimum absolute atomic E-state index is 0.0862. The number of carbonyl (C=O) groups excluding carboxylic acids is 1. The first-order chi connectivity index (χ1) is 13.0. The number of rotatable bonds is 6. The first kappa shape index (κ1) is 19.2. The van der Waals surface area contributed by atoms with Crippen LogP contribution in [0.25, 0.3) is 0 Å². The molecule has 2 N–H and O–H groups in total. The van der Waals surface area contributed by atoms with E-state index in [0.29, 0.717) is 11.6 Å². The number of aryl methyl sites for hydroxylation is 2. The molecule has 0 spiro atoms. The number of hydrogen-bond acceptors (Lipinski definition) is 2. The number of halogens is 1. The van der Waals surface area contributed by atoms with E-state index in [1.807, 2.05) is 86.6 Å². The summed E-state index contributed by atoms with van der Waals surface area (Å²) in [6.07, 6.45) is 0. The third kappa shape index (κ3) is 5.19. The SMILES string of the molecule is Cc1ccc(C)c(NC(=O)[C@@H](NCc2cccc(Cl)c2)c2ccccc2)c1. The molecule has 3 rings (SSSR count). The molecule has 0 aliphatic rings. The van der Waals surface area contributed by atoms with Crippen LogP contribution in [-0.2, 0) is 11.3 Å². The summed E-state index contributed by atoms with van der Waals surface area (Å²) < 4.78 is 0. The van der Waals surface area contributed by atoms with Crippen molar-refractivity contribution >= 4 is 23.2 Å². The quantitative estimate of drug-likeness (QED) is 0.600. The lowest BCUT2D eigenvalue weighted by atomic mass is 10.0. The van der Waals surface area contributed by atoms with Crippen molar-refractivity contribution < 1.29 is 4.79 Å². The maximum atomic E-state index is 13.1. The van der Waals surface area contributed by atoms with Gasteiger partial charge in [0.1, 0.15) is 6.04 Å². The molecule has 0 heterocycles. The van der Waals surface area contributed by atoms with Gasteiger partial charge in [-0.05, 0) is 54.3 Å². The predicted octanol–water partition coefficient (Wildman–Crippen LogP) is 5.43. The first-order valence-corrected chi connectivity index (χ1v) is 9.31. The van der Waals surface area contributed by atoms with Gasteiger partial charge in [0.05, 0.1) is 0 Å². The molecule has 0 bridgehead atoms. The Morgan fingerprint density at radius 3 is 2.48 bits per heavy atom. The van der Waals surface area contributed by atoms with E-state index in [1.54, 1.807) is 0 Å². The number of anilines is 1. The van der Waals surface area contributed by atoms with Gasteiger partial charge in [0.15, 0.2) is 0 Å². The van der Waals surface area contributed by atoms with Gasteiger partial charge in [-0.3, -0.25) is 10.1 Å². The molecule has 1 atom stereocenters. The number of nitrogens with one attached hydrogen (secondary N) is 2. The molecule has 0 aliphatic heterocycles. The highest BCUT2D eigenvalue weighted by Gasteiger charge is 2.20. The minimum atomic E-state index is -0.468. The van der Waals surface area contributed by atoms with Crippen molar-refractivity contribution in [1.29, 1.82) is 0 Å². The maximum absolute atomic E-state index is 13.1. The lowest BCUT2D eigenvalue weighted by molar-refractivity contribution is -0.118. The van der Waals surface area contributed by atoms with Gasteiger partial charge in [0.25, 0.3) is 0 Å². The van der Waals surface area contributed by atoms with Crippen molar-refractivity contribution in [2.75, 3.05) is 5.32 Å². The number of carbonyl (C=O) groups is 1. The molecule has 0 aromatic heterocycles. The fourth-order valence-electron chi connectivity index (χ4n) is 2.95. The molecule has 3 nitrogen and oxygen atoms in total. The lowest BCUT2D eigenvalue weighted by Crippen LogP contribution is -2.33. The smallest absolute Gasteiger partial charge is 0.246 e. The standard InChI is InChI=1S/C23H23ClN2O/c1-16-11-12-17(2)21(13-16)26-23(27)22(19-8-4-3-5-9-19)25-15-18-7-6-10-20(24)14-18/h3-14,22,25H,15H2,1-2H3,(H,26,27)/t22-/m0/s1. The molecule has 138 valence electrons. The van der Waals surface area contributed by atoms with E-state index in [4.69, 9.17) is 11.6 Å². The maximum Gasteiger partial charge on any atom is 0.246 e. The van der Waals surface area contributed by atoms with Crippen LogP contribution in [0.4, 0.5) is 5.69 Å². The van der Waals surface area contributed by atoms with Crippen LogP contribution in [0, 0.1) is 13.8 Å². The van der Waals surface area contributed by atoms with Gasteiger partial charge in [0.2, 0.25) is 5.91 Å². The molecule has 1 amide bonds. The minimum Gasteiger partial charge on any atom is -0.324 e. The Kier molecular flexibility index (Phi) is 6.28. The molecule has 0 fully saturated rings. The largest absolute Gasteiger partial charge is 0.324 e. The Balaban J connectivity index is 1.81. The van der Waals surface area contributed by atoms with Gasteiger partial charge in [-0.2, -0.15) is 0 Å². The Morgan fingerprint density at radius 2 is 1.74 bits per heavy atom. The topological polar surface area (TPSA) is 41.1 Å². The average Bonchev–Trinajstić information content (AvgIpc) is 2.66. The predicted molar refractivity (Wildman–Crippen MR) is 112 cm³/mol. The fraction of sp³-hybridized carbons (Fsp3) is 0.174. The molecule has 0 aliphatic carbocycles. The highest BCUT2D eigenvalue weighted by atomic mass is 35.5. The summed E-state index contributed by atoms with van der Waals surface area (Å²) in [6.45, 7) is 4.55. The molecule has 3 aromatic carbocycles. The van der Waals surface area contributed by atoms with Crippen molar-refractivity contribution in [2.24, 2.45) is 0 Å². The van der Waals surface area contributed by atoms with Crippen LogP contribution >= 0.6 is 11.6 Å². The molecular formula is C23H23ClN2O. The van der Waals surface area contributed by atoms with Gasteiger partial charge < -0.3 is 5.32 Å². The lowest BCUT2D eigenvalue weighted by Gasteiger charge is -2.20. The van der Waals surface area contributed by atoms with Crippen LogP contribution in [0.2, 0.25) is 5.02 Å². The fourth-order valence-corrected chi connectivity index (χ4v) is 3.16. The van der Waals surface area contributed by atoms with Gasteiger partial charge in [0, 0.05) is 17.3 Å². The zero-order valence-electron chi connectivity index (χ0n) is 15.5. The highest BCUT2D eigenvalue weighted by molar-refractivity contribution is 6.30. The van der Waals surface area contributed by atoms with Crippen molar-refractivity contribution in [3.8, 4) is 0 Å². The molecule has 0 radical (unpaired) electrons. The summed E-state index contributed by atoms with van der Waals surface area (Å²) in [5, 5.41) is 7.12. The Labute approximate surface area is 165 Å². The zero-order chi connectivity index (χ0) is 19.2. The van der Waals surface area contributed by atoms with E-state index in [1.165, 1.54) is 0 Å². The molecule has 0 saturated heterocycles. The zero-order valence-corrected chi connectivity index (χ0v) is 16.3. The molecule has 27 heavy (non-hydrogen) atoms. The first-order valence-electron chi connectivity index (χ1n) is 8.94. The van der Waals surface area contributed by atoms with E-state index in [-0.39, 0.29) is 5.91 Å². The summed E-state index contributed by atoms with van der Waals surface area (Å²) >= 11 is 6.07. The van der Waals surface area contributed by atoms with E-state index in [2.05, 4.69) is 10.6 Å². The average molecular weight is 379 g/mol. The van der Waals surface area contributed by atoms with Crippen molar-refractivity contribution in [3.05, 3.63) is 100 Å². The summed E-state index contributed by atoms with van der Waals surface area (Å²) in [7, 11) is 0. The van der Waals surface area contributed by atoms with E-state index in [0.717, 1.165) is 27.9 Å². The van der Waals surface area contributed by atoms with Crippen molar-refractivity contribution in [3.63, 3.8) is 0 Å². The summed E-state index contributed by atoms with van der Waals surface area (Å²) in [5.74, 6) is -0.0862. The molecule has 4 heteroatoms.